The van der Waals surface area contributed by atoms with Crippen LogP contribution in [0.3, 0.4) is 0 Å². The van der Waals surface area contributed by atoms with Crippen LogP contribution in [-0.2, 0) is 4.74 Å². The molecule has 0 aromatic heterocycles. The highest BCUT2D eigenvalue weighted by atomic mass is 32.2. The van der Waals surface area contributed by atoms with Crippen LogP contribution in [0.5, 0.6) is 0 Å². The van der Waals surface area contributed by atoms with Gasteiger partial charge in [-0.2, -0.15) is 0 Å². The Labute approximate surface area is 118 Å². The van der Waals surface area contributed by atoms with Crippen LogP contribution >= 0.6 is 11.8 Å². The molecule has 6 atom stereocenters. The van der Waals surface area contributed by atoms with Gasteiger partial charge in [0.05, 0.1) is 0 Å². The van der Waals surface area contributed by atoms with Gasteiger partial charge in [0.25, 0.3) is 0 Å². The first-order chi connectivity index (χ1) is 9.02. The molecule has 0 spiro atoms. The van der Waals surface area contributed by atoms with Crippen molar-refractivity contribution in [3.8, 4) is 0 Å². The third-order valence-electron chi connectivity index (χ3n) is 3.11. The maximum atomic E-state index is 9.95. The quantitative estimate of drug-likeness (QED) is 0.493. The van der Waals surface area contributed by atoms with Crippen LogP contribution in [0.15, 0.2) is 25.3 Å². The summed E-state index contributed by atoms with van der Waals surface area (Å²) in [5.74, 6) is 0.582. The molecule has 0 aromatic carbocycles. The van der Waals surface area contributed by atoms with Crippen LogP contribution in [0.4, 0.5) is 0 Å². The van der Waals surface area contributed by atoms with E-state index < -0.39 is 35.9 Å². The van der Waals surface area contributed by atoms with Gasteiger partial charge in [-0.3, -0.25) is 0 Å². The summed E-state index contributed by atoms with van der Waals surface area (Å²) < 4.78 is 5.64. The Morgan fingerprint density at radius 3 is 2.42 bits per heavy atom. The second-order valence-electron chi connectivity index (χ2n) is 4.59. The van der Waals surface area contributed by atoms with Gasteiger partial charge in [-0.05, 0) is 12.8 Å². The van der Waals surface area contributed by atoms with Crippen LogP contribution in [0.1, 0.15) is 12.8 Å². The number of ether oxygens (including phenoxy) is 1. The second-order valence-corrected chi connectivity index (χ2v) is 5.72. The summed E-state index contributed by atoms with van der Waals surface area (Å²) in [6.45, 7) is 7.21. The van der Waals surface area contributed by atoms with Crippen LogP contribution in [0.2, 0.25) is 0 Å². The van der Waals surface area contributed by atoms with Crippen molar-refractivity contribution in [2.75, 3.05) is 5.75 Å². The van der Waals surface area contributed by atoms with Crippen LogP contribution in [0.25, 0.3) is 0 Å². The molecule has 0 unspecified atom stereocenters. The van der Waals surface area contributed by atoms with E-state index in [0.29, 0.717) is 18.6 Å². The van der Waals surface area contributed by atoms with Gasteiger partial charge >= 0.3 is 0 Å². The van der Waals surface area contributed by atoms with Gasteiger partial charge in [-0.25, -0.2) is 0 Å². The fraction of sp³-hybridized carbons (Fsp3) is 0.692. The van der Waals surface area contributed by atoms with Gasteiger partial charge in [-0.15, -0.1) is 24.9 Å². The molecule has 0 radical (unpaired) electrons. The Balaban J connectivity index is 2.68. The molecule has 1 aliphatic heterocycles. The lowest BCUT2D eigenvalue weighted by atomic mass is 9.93. The number of thioether (sulfide) groups is 1. The predicted octanol–water partition coefficient (Wildman–Crippen LogP) is 0.00670. The monoisotopic (exact) mass is 289 g/mol. The second kappa shape index (κ2) is 8.04. The van der Waals surface area contributed by atoms with Crippen molar-refractivity contribution in [2.45, 2.75) is 48.7 Å². The Morgan fingerprint density at radius 1 is 1.16 bits per heavy atom. The number of aliphatic hydroxyl groups is 3. The maximum absolute atomic E-state index is 9.95. The van der Waals surface area contributed by atoms with E-state index in [9.17, 15) is 15.3 Å². The molecular weight excluding hydrogens is 266 g/mol. The number of rotatable bonds is 7. The summed E-state index contributed by atoms with van der Waals surface area (Å²) >= 11 is 1.32. The molecule has 5 nitrogen and oxygen atoms in total. The molecule has 0 bridgehead atoms. The van der Waals surface area contributed by atoms with Gasteiger partial charge in [-0.1, -0.05) is 12.2 Å². The first-order valence-corrected chi connectivity index (χ1v) is 7.36. The van der Waals surface area contributed by atoms with Crippen molar-refractivity contribution < 1.29 is 20.1 Å². The standard InChI is InChI=1S/C13H23NO4S/c1-3-5-6-8(14)12-10(16)9(15)11(17)13(18-12)19-7-4-2/h3-4,8-13,15-17H,1-2,5-7,14H2/t8-,9+,10-,11-,12-,13-/m1/s1. The molecule has 1 fully saturated rings. The van der Waals surface area contributed by atoms with Crippen LogP contribution in [0, 0.1) is 0 Å². The number of hydrogen-bond donors (Lipinski definition) is 4. The topological polar surface area (TPSA) is 95.9 Å². The minimum atomic E-state index is -1.25. The average molecular weight is 289 g/mol. The lowest BCUT2D eigenvalue weighted by Gasteiger charge is -2.42. The highest BCUT2D eigenvalue weighted by molar-refractivity contribution is 7.99. The van der Waals surface area contributed by atoms with Crippen molar-refractivity contribution in [1.29, 1.82) is 0 Å². The highest BCUT2D eigenvalue weighted by Crippen LogP contribution is 2.30. The Kier molecular flexibility index (Phi) is 7.06. The summed E-state index contributed by atoms with van der Waals surface area (Å²) in [5, 5.41) is 29.7. The summed E-state index contributed by atoms with van der Waals surface area (Å²) in [4.78, 5) is 0. The smallest absolute Gasteiger partial charge is 0.132 e. The van der Waals surface area contributed by atoms with Crippen molar-refractivity contribution in [2.24, 2.45) is 5.73 Å². The largest absolute Gasteiger partial charge is 0.388 e. The molecule has 19 heavy (non-hydrogen) atoms. The lowest BCUT2D eigenvalue weighted by Crippen LogP contribution is -2.61. The van der Waals surface area contributed by atoms with Crippen molar-refractivity contribution in [3.05, 3.63) is 25.3 Å². The minimum absolute atomic E-state index is 0.415. The Hall–Kier alpha value is -0.370. The van der Waals surface area contributed by atoms with Gasteiger partial charge in [0.1, 0.15) is 29.9 Å². The molecule has 0 amide bonds. The fourth-order valence-corrected chi connectivity index (χ4v) is 2.89. The van der Waals surface area contributed by atoms with E-state index in [0.717, 1.165) is 0 Å². The molecule has 0 saturated carbocycles. The molecule has 6 heteroatoms. The molecule has 1 rings (SSSR count). The van der Waals surface area contributed by atoms with E-state index in [-0.39, 0.29) is 0 Å². The van der Waals surface area contributed by atoms with E-state index >= 15 is 0 Å². The lowest BCUT2D eigenvalue weighted by molar-refractivity contribution is -0.202. The van der Waals surface area contributed by atoms with Crippen molar-refractivity contribution in [1.82, 2.24) is 0 Å². The minimum Gasteiger partial charge on any atom is -0.388 e. The molecule has 1 aliphatic rings. The van der Waals surface area contributed by atoms with Crippen LogP contribution in [-0.4, -0.2) is 57.0 Å². The highest BCUT2D eigenvalue weighted by Gasteiger charge is 2.45. The zero-order valence-corrected chi connectivity index (χ0v) is 11.7. The molecular formula is C13H23NO4S. The molecule has 1 saturated heterocycles. The Morgan fingerprint density at radius 2 is 1.84 bits per heavy atom. The van der Waals surface area contributed by atoms with Gasteiger partial charge < -0.3 is 25.8 Å². The molecule has 1 heterocycles. The normalized spacial score (nSPS) is 36.7. The van der Waals surface area contributed by atoms with Gasteiger partial charge in [0.2, 0.25) is 0 Å². The fourth-order valence-electron chi connectivity index (χ4n) is 2.00. The van der Waals surface area contributed by atoms with Crippen molar-refractivity contribution >= 4 is 11.8 Å². The molecule has 0 aliphatic carbocycles. The number of allylic oxidation sites excluding steroid dienone is 1. The predicted molar refractivity (Wildman–Crippen MR) is 76.7 cm³/mol. The molecule has 110 valence electrons. The summed E-state index contributed by atoms with van der Waals surface area (Å²) in [6.07, 6.45) is 0.466. The van der Waals surface area contributed by atoms with E-state index in [2.05, 4.69) is 13.2 Å². The number of nitrogens with two attached hydrogens (primary N) is 1. The van der Waals surface area contributed by atoms with E-state index in [1.807, 2.05) is 0 Å². The molecule has 0 aromatic rings. The summed E-state index contributed by atoms with van der Waals surface area (Å²) in [5.41, 5.74) is 5.35. The number of aliphatic hydroxyl groups excluding tert-OH is 3. The summed E-state index contributed by atoms with van der Waals surface area (Å²) in [6, 6.07) is -0.415. The first-order valence-electron chi connectivity index (χ1n) is 6.31. The number of hydrogen-bond acceptors (Lipinski definition) is 6. The Bertz CT molecular complexity index is 302. The van der Waals surface area contributed by atoms with E-state index in [1.54, 1.807) is 12.2 Å². The zero-order chi connectivity index (χ0) is 14.4. The van der Waals surface area contributed by atoms with Crippen LogP contribution < -0.4 is 5.73 Å². The maximum Gasteiger partial charge on any atom is 0.132 e. The summed E-state index contributed by atoms with van der Waals surface area (Å²) in [7, 11) is 0. The average Bonchev–Trinajstić information content (AvgIpc) is 2.41. The van der Waals surface area contributed by atoms with E-state index in [4.69, 9.17) is 10.5 Å². The van der Waals surface area contributed by atoms with Gasteiger partial charge in [0, 0.05) is 11.8 Å². The van der Waals surface area contributed by atoms with E-state index in [1.165, 1.54) is 11.8 Å². The zero-order valence-electron chi connectivity index (χ0n) is 10.9. The van der Waals surface area contributed by atoms with Gasteiger partial charge in [0.15, 0.2) is 0 Å². The van der Waals surface area contributed by atoms with Crippen molar-refractivity contribution in [3.63, 3.8) is 0 Å². The SMILES string of the molecule is C=CCC[C@@H](N)[C@H]1O[C@H](SCC=C)[C@H](O)[C@@H](O)[C@H]1O. The molecule has 5 N–H and O–H groups in total. The third-order valence-corrected chi connectivity index (χ3v) is 4.26. The third kappa shape index (κ3) is 4.30. The first kappa shape index (κ1) is 16.7.